The summed E-state index contributed by atoms with van der Waals surface area (Å²) in [6.45, 7) is 10.6. The third-order valence-electron chi connectivity index (χ3n) is 4.21. The van der Waals surface area contributed by atoms with Crippen LogP contribution in [0.1, 0.15) is 41.5 Å². The van der Waals surface area contributed by atoms with E-state index in [1.165, 1.54) is 4.90 Å². The number of ether oxygens (including phenoxy) is 3. The first-order valence-corrected chi connectivity index (χ1v) is 9.34. The summed E-state index contributed by atoms with van der Waals surface area (Å²) < 4.78 is 14.7. The van der Waals surface area contributed by atoms with Crippen molar-refractivity contribution in [3.8, 4) is 0 Å². The van der Waals surface area contributed by atoms with E-state index in [1.807, 2.05) is 0 Å². The van der Waals surface area contributed by atoms with E-state index >= 15 is 0 Å². The number of carbonyl (C=O) groups is 1. The first-order valence-electron chi connectivity index (χ1n) is 8.21. The van der Waals surface area contributed by atoms with E-state index in [0.717, 1.165) is 0 Å². The van der Waals surface area contributed by atoms with Crippen LogP contribution in [0.3, 0.4) is 0 Å². The summed E-state index contributed by atoms with van der Waals surface area (Å²) in [5.74, 6) is -0.0916. The summed E-state index contributed by atoms with van der Waals surface area (Å²) in [6.07, 6.45) is -1.71. The topological polar surface area (TPSA) is 80.6 Å². The number of hydrogen-bond donors (Lipinski definition) is 1. The van der Waals surface area contributed by atoms with Crippen LogP contribution in [0.15, 0.2) is 4.99 Å². The van der Waals surface area contributed by atoms with Crippen molar-refractivity contribution in [2.75, 3.05) is 13.2 Å². The second-order valence-electron chi connectivity index (χ2n) is 8.18. The second kappa shape index (κ2) is 6.85. The van der Waals surface area contributed by atoms with Crippen LogP contribution < -0.4 is 0 Å². The van der Waals surface area contributed by atoms with Crippen molar-refractivity contribution in [1.82, 2.24) is 4.90 Å². The Hall–Kier alpha value is -0.470. The number of halogens is 3. The molecule has 0 spiro atoms. The molecule has 1 saturated heterocycles. The summed E-state index contributed by atoms with van der Waals surface area (Å²) in [5.41, 5.74) is -2.74. The van der Waals surface area contributed by atoms with Crippen molar-refractivity contribution in [3.05, 3.63) is 0 Å². The van der Waals surface area contributed by atoms with Gasteiger partial charge >= 0.3 is 6.09 Å². The lowest BCUT2D eigenvalue weighted by atomic mass is 9.90. The molecule has 1 fully saturated rings. The lowest BCUT2D eigenvalue weighted by Crippen LogP contribution is -2.58. The van der Waals surface area contributed by atoms with Crippen molar-refractivity contribution in [3.63, 3.8) is 0 Å². The monoisotopic (exact) mass is 430 g/mol. The molecule has 0 bridgehead atoms. The third kappa shape index (κ3) is 4.50. The minimum absolute atomic E-state index is 0.0104. The molecule has 0 aromatic heterocycles. The zero-order chi connectivity index (χ0) is 20.1. The average Bonchev–Trinajstić information content (AvgIpc) is 2.97. The van der Waals surface area contributed by atoms with Crippen molar-refractivity contribution in [2.24, 2.45) is 4.99 Å². The Balaban J connectivity index is 2.28. The first kappa shape index (κ1) is 21.8. The molecule has 2 aliphatic rings. The number of amides is 1. The zero-order valence-corrected chi connectivity index (χ0v) is 17.9. The number of carbonyl (C=O) groups excluding carboxylic acids is 1. The highest BCUT2D eigenvalue weighted by molar-refractivity contribution is 6.76. The Kier molecular flexibility index (Phi) is 5.75. The molecule has 3 atom stereocenters. The maximum atomic E-state index is 12.7. The molecule has 150 valence electrons. The van der Waals surface area contributed by atoms with Crippen LogP contribution in [-0.2, 0) is 14.2 Å². The minimum atomic E-state index is -1.83. The number of aliphatic hydroxyl groups is 1. The van der Waals surface area contributed by atoms with E-state index in [-0.39, 0.29) is 19.1 Å². The molecule has 10 heteroatoms. The summed E-state index contributed by atoms with van der Waals surface area (Å²) in [7, 11) is 0. The van der Waals surface area contributed by atoms with Crippen molar-refractivity contribution >= 4 is 46.8 Å². The van der Waals surface area contributed by atoms with E-state index in [0.29, 0.717) is 0 Å². The van der Waals surface area contributed by atoms with Crippen LogP contribution in [0.4, 0.5) is 4.79 Å². The molecule has 2 heterocycles. The minimum Gasteiger partial charge on any atom is -0.475 e. The lowest BCUT2D eigenvalue weighted by molar-refractivity contribution is -0.0718. The van der Waals surface area contributed by atoms with Gasteiger partial charge in [0, 0.05) is 0 Å². The highest BCUT2D eigenvalue weighted by Crippen LogP contribution is 2.39. The molecular formula is C16H25Cl3N2O5. The largest absolute Gasteiger partial charge is 0.475 e. The highest BCUT2D eigenvalue weighted by atomic mass is 35.6. The van der Waals surface area contributed by atoms with E-state index in [4.69, 9.17) is 49.0 Å². The van der Waals surface area contributed by atoms with Crippen molar-refractivity contribution < 1.29 is 24.1 Å². The van der Waals surface area contributed by atoms with Gasteiger partial charge in [-0.1, -0.05) is 34.8 Å². The average molecular weight is 432 g/mol. The van der Waals surface area contributed by atoms with Gasteiger partial charge in [0.15, 0.2) is 0 Å². The normalized spacial score (nSPS) is 30.0. The number of aliphatic imine (C=N–C) groups is 1. The summed E-state index contributed by atoms with van der Waals surface area (Å²) in [6, 6.07) is -0.702. The third-order valence-corrected chi connectivity index (χ3v) is 4.70. The maximum Gasteiger partial charge on any atom is 0.412 e. The van der Waals surface area contributed by atoms with Gasteiger partial charge in [-0.2, -0.15) is 0 Å². The maximum absolute atomic E-state index is 12.7. The fraction of sp³-hybridized carbons (Fsp3) is 0.875. The fourth-order valence-corrected chi connectivity index (χ4v) is 3.24. The molecular weight excluding hydrogens is 407 g/mol. The highest BCUT2D eigenvalue weighted by Gasteiger charge is 2.55. The van der Waals surface area contributed by atoms with Gasteiger partial charge in [-0.3, -0.25) is 4.90 Å². The molecule has 1 amide bonds. The van der Waals surface area contributed by atoms with E-state index < -0.39 is 38.9 Å². The Labute approximate surface area is 168 Å². The van der Waals surface area contributed by atoms with Gasteiger partial charge in [0.25, 0.3) is 3.79 Å². The molecule has 2 aliphatic heterocycles. The standard InChI is InChI=1S/C16H25Cl3N2O5/c1-13(2,3)26-12(23)21-9(7-25-14(21,4)5)10(22)15(6)8-24-11(20-15)16(17,18)19/h9-10,22H,7-8H2,1-6H3/t9-,10+,15+/m0/s1. The Morgan fingerprint density at radius 2 is 1.92 bits per heavy atom. The van der Waals surface area contributed by atoms with Gasteiger partial charge in [0.1, 0.15) is 29.6 Å². The van der Waals surface area contributed by atoms with Gasteiger partial charge in [-0.05, 0) is 41.5 Å². The number of nitrogens with zero attached hydrogens (tertiary/aromatic N) is 2. The Bertz CT molecular complexity index is 600. The Morgan fingerprint density at radius 3 is 2.38 bits per heavy atom. The molecule has 2 rings (SSSR count). The number of aliphatic hydroxyl groups excluding tert-OH is 1. The molecule has 1 N–H and O–H groups in total. The van der Waals surface area contributed by atoms with Gasteiger partial charge in [0.05, 0.1) is 12.6 Å². The van der Waals surface area contributed by atoms with Crippen molar-refractivity contribution in [2.45, 2.75) is 74.3 Å². The predicted molar refractivity (Wildman–Crippen MR) is 100.0 cm³/mol. The van der Waals surface area contributed by atoms with Crippen LogP contribution in [0.25, 0.3) is 0 Å². The summed E-state index contributed by atoms with van der Waals surface area (Å²) in [4.78, 5) is 18.4. The summed E-state index contributed by atoms with van der Waals surface area (Å²) >= 11 is 17.4. The van der Waals surface area contributed by atoms with E-state index in [9.17, 15) is 9.90 Å². The molecule has 0 aromatic rings. The van der Waals surface area contributed by atoms with Gasteiger partial charge < -0.3 is 19.3 Å². The molecule has 0 unspecified atom stereocenters. The quantitative estimate of drug-likeness (QED) is 0.679. The Morgan fingerprint density at radius 1 is 1.35 bits per heavy atom. The van der Waals surface area contributed by atoms with Crippen LogP contribution in [0.2, 0.25) is 0 Å². The zero-order valence-electron chi connectivity index (χ0n) is 15.7. The van der Waals surface area contributed by atoms with Gasteiger partial charge in [0.2, 0.25) is 5.90 Å². The van der Waals surface area contributed by atoms with Crippen molar-refractivity contribution in [1.29, 1.82) is 0 Å². The first-order chi connectivity index (χ1) is 11.6. The lowest BCUT2D eigenvalue weighted by Gasteiger charge is -2.39. The van der Waals surface area contributed by atoms with E-state index in [1.54, 1.807) is 41.5 Å². The van der Waals surface area contributed by atoms with Crippen LogP contribution >= 0.6 is 34.8 Å². The number of hydrogen-bond acceptors (Lipinski definition) is 6. The van der Waals surface area contributed by atoms with Crippen LogP contribution in [0.5, 0.6) is 0 Å². The number of alkyl halides is 3. The molecule has 0 aliphatic carbocycles. The predicted octanol–water partition coefficient (Wildman–Crippen LogP) is 3.28. The second-order valence-corrected chi connectivity index (χ2v) is 10.5. The molecule has 0 saturated carbocycles. The molecule has 26 heavy (non-hydrogen) atoms. The van der Waals surface area contributed by atoms with Gasteiger partial charge in [-0.25, -0.2) is 9.79 Å². The van der Waals surface area contributed by atoms with Crippen LogP contribution in [0, 0.1) is 0 Å². The van der Waals surface area contributed by atoms with Gasteiger partial charge in [-0.15, -0.1) is 0 Å². The fourth-order valence-electron chi connectivity index (χ4n) is 2.95. The van der Waals surface area contributed by atoms with E-state index in [2.05, 4.69) is 4.99 Å². The number of rotatable bonds is 2. The molecule has 0 aromatic carbocycles. The van der Waals surface area contributed by atoms with Crippen LogP contribution in [-0.4, -0.2) is 68.0 Å². The SMILES string of the molecule is CC(C)(C)OC(=O)N1[C@H]([C@@H](O)[C@@]2(C)COC(C(Cl)(Cl)Cl)=N2)COC1(C)C. The smallest absolute Gasteiger partial charge is 0.412 e. The molecule has 7 nitrogen and oxygen atoms in total. The molecule has 0 radical (unpaired) electrons. The summed E-state index contributed by atoms with van der Waals surface area (Å²) in [5, 5.41) is 11.0.